The molecule has 1 aliphatic rings. The van der Waals surface area contributed by atoms with E-state index in [-0.39, 0.29) is 12.0 Å². The van der Waals surface area contributed by atoms with Crippen LogP contribution in [0.5, 0.6) is 0 Å². The Labute approximate surface area is 109 Å². The Hall–Kier alpha value is -0.620. The molecule has 1 heterocycles. The normalized spacial score (nSPS) is 20.9. The molecule has 1 unspecified atom stereocenters. The maximum atomic E-state index is 12.1. The van der Waals surface area contributed by atoms with Gasteiger partial charge in [-0.15, -0.1) is 0 Å². The van der Waals surface area contributed by atoms with Gasteiger partial charge in [0.1, 0.15) is 0 Å². The molecular weight excluding hydrogens is 317 g/mol. The Morgan fingerprint density at radius 2 is 2.31 bits per heavy atom. The van der Waals surface area contributed by atoms with Crippen molar-refractivity contribution in [1.29, 1.82) is 0 Å². The standard InChI is InChI=1S/C12H14INO2/c13-10-4-1-3-9(7-10)12(16)14-6-2-5-11(15)8-14/h1,3-4,7,11,15H,2,5-6,8H2. The number of carbonyl (C=O) groups is 1. The predicted molar refractivity (Wildman–Crippen MR) is 70.3 cm³/mol. The van der Waals surface area contributed by atoms with Gasteiger partial charge in [0, 0.05) is 22.2 Å². The van der Waals surface area contributed by atoms with E-state index >= 15 is 0 Å². The summed E-state index contributed by atoms with van der Waals surface area (Å²) in [5.41, 5.74) is 0.709. The molecule has 86 valence electrons. The first-order chi connectivity index (χ1) is 7.66. The molecule has 1 atom stereocenters. The van der Waals surface area contributed by atoms with Gasteiger partial charge in [-0.1, -0.05) is 6.07 Å². The van der Waals surface area contributed by atoms with Crippen molar-refractivity contribution >= 4 is 28.5 Å². The number of aliphatic hydroxyl groups is 1. The zero-order chi connectivity index (χ0) is 11.5. The number of β-amino-alcohol motifs (C(OH)–C–C–N with tert-alkyl or cyclic N) is 1. The third-order valence-electron chi connectivity index (χ3n) is 2.76. The Balaban J connectivity index is 2.12. The number of piperidine rings is 1. The van der Waals surface area contributed by atoms with Crippen LogP contribution in [0, 0.1) is 3.57 Å². The van der Waals surface area contributed by atoms with Gasteiger partial charge in [-0.3, -0.25) is 4.79 Å². The van der Waals surface area contributed by atoms with Crippen LogP contribution in [0.4, 0.5) is 0 Å². The lowest BCUT2D eigenvalue weighted by molar-refractivity contribution is 0.0473. The number of halogens is 1. The van der Waals surface area contributed by atoms with E-state index in [4.69, 9.17) is 0 Å². The number of hydrogen-bond acceptors (Lipinski definition) is 2. The number of aliphatic hydroxyl groups excluding tert-OH is 1. The third kappa shape index (κ3) is 2.74. The van der Waals surface area contributed by atoms with Gasteiger partial charge in [-0.25, -0.2) is 0 Å². The Morgan fingerprint density at radius 1 is 1.50 bits per heavy atom. The molecule has 0 aliphatic carbocycles. The molecule has 1 aliphatic heterocycles. The van der Waals surface area contributed by atoms with Crippen LogP contribution in [0.15, 0.2) is 24.3 Å². The van der Waals surface area contributed by atoms with E-state index < -0.39 is 0 Å². The van der Waals surface area contributed by atoms with E-state index in [1.54, 1.807) is 4.90 Å². The first-order valence-electron chi connectivity index (χ1n) is 5.40. The molecule has 1 aromatic rings. The summed E-state index contributed by atoms with van der Waals surface area (Å²) in [7, 11) is 0. The van der Waals surface area contributed by atoms with Gasteiger partial charge in [0.2, 0.25) is 0 Å². The first-order valence-corrected chi connectivity index (χ1v) is 6.47. The van der Waals surface area contributed by atoms with Crippen LogP contribution in [0.2, 0.25) is 0 Å². The fraction of sp³-hybridized carbons (Fsp3) is 0.417. The molecule has 4 heteroatoms. The maximum Gasteiger partial charge on any atom is 0.253 e. The largest absolute Gasteiger partial charge is 0.391 e. The molecule has 0 saturated carbocycles. The average molecular weight is 331 g/mol. The van der Waals surface area contributed by atoms with Crippen LogP contribution in [0.25, 0.3) is 0 Å². The lowest BCUT2D eigenvalue weighted by atomic mass is 10.1. The van der Waals surface area contributed by atoms with Gasteiger partial charge < -0.3 is 10.0 Å². The summed E-state index contributed by atoms with van der Waals surface area (Å²) in [6.45, 7) is 1.21. The van der Waals surface area contributed by atoms with Crippen LogP contribution in [0.1, 0.15) is 23.2 Å². The molecule has 1 amide bonds. The highest BCUT2D eigenvalue weighted by molar-refractivity contribution is 14.1. The monoisotopic (exact) mass is 331 g/mol. The minimum atomic E-state index is -0.361. The molecule has 1 N–H and O–H groups in total. The van der Waals surface area contributed by atoms with Crippen LogP contribution < -0.4 is 0 Å². The van der Waals surface area contributed by atoms with Crippen LogP contribution >= 0.6 is 22.6 Å². The number of benzene rings is 1. The Morgan fingerprint density at radius 3 is 3.00 bits per heavy atom. The second-order valence-corrected chi connectivity index (χ2v) is 5.30. The van der Waals surface area contributed by atoms with Gasteiger partial charge in [0.05, 0.1) is 6.10 Å². The number of carbonyl (C=O) groups excluding carboxylic acids is 1. The summed E-state index contributed by atoms with van der Waals surface area (Å²) in [6, 6.07) is 7.55. The predicted octanol–water partition coefficient (Wildman–Crippen LogP) is 1.89. The van der Waals surface area contributed by atoms with Gasteiger partial charge in [0.15, 0.2) is 0 Å². The molecular formula is C12H14INO2. The van der Waals surface area contributed by atoms with Crippen molar-refractivity contribution in [2.45, 2.75) is 18.9 Å². The van der Waals surface area contributed by atoms with Crippen LogP contribution in [-0.2, 0) is 0 Å². The van der Waals surface area contributed by atoms with Crippen molar-refractivity contribution in [3.63, 3.8) is 0 Å². The van der Waals surface area contributed by atoms with Gasteiger partial charge in [-0.2, -0.15) is 0 Å². The molecule has 0 radical (unpaired) electrons. The van der Waals surface area contributed by atoms with E-state index in [1.807, 2.05) is 24.3 Å². The zero-order valence-corrected chi connectivity index (χ0v) is 11.1. The molecule has 1 fully saturated rings. The maximum absolute atomic E-state index is 12.1. The number of likely N-dealkylation sites (tertiary alicyclic amines) is 1. The van der Waals surface area contributed by atoms with E-state index in [2.05, 4.69) is 22.6 Å². The smallest absolute Gasteiger partial charge is 0.253 e. The minimum Gasteiger partial charge on any atom is -0.391 e. The second kappa shape index (κ2) is 5.14. The van der Waals surface area contributed by atoms with Crippen molar-refractivity contribution in [3.05, 3.63) is 33.4 Å². The number of hydrogen-bond donors (Lipinski definition) is 1. The summed E-state index contributed by atoms with van der Waals surface area (Å²) in [6.07, 6.45) is 1.33. The Kier molecular flexibility index (Phi) is 3.81. The van der Waals surface area contributed by atoms with Gasteiger partial charge in [-0.05, 0) is 53.6 Å². The molecule has 0 spiro atoms. The molecule has 1 saturated heterocycles. The first kappa shape index (κ1) is 11.9. The Bertz CT molecular complexity index is 394. The highest BCUT2D eigenvalue weighted by Crippen LogP contribution is 2.15. The minimum absolute atomic E-state index is 0.0252. The highest BCUT2D eigenvalue weighted by Gasteiger charge is 2.22. The van der Waals surface area contributed by atoms with Crippen molar-refractivity contribution < 1.29 is 9.90 Å². The quantitative estimate of drug-likeness (QED) is 0.799. The molecule has 2 rings (SSSR count). The number of rotatable bonds is 1. The molecule has 16 heavy (non-hydrogen) atoms. The lowest BCUT2D eigenvalue weighted by Crippen LogP contribution is -2.42. The third-order valence-corrected chi connectivity index (χ3v) is 3.43. The highest BCUT2D eigenvalue weighted by atomic mass is 127. The lowest BCUT2D eigenvalue weighted by Gasteiger charge is -2.30. The summed E-state index contributed by atoms with van der Waals surface area (Å²) in [5.74, 6) is 0.0252. The van der Waals surface area contributed by atoms with E-state index in [1.165, 1.54) is 0 Å². The summed E-state index contributed by atoms with van der Waals surface area (Å²) in [5, 5.41) is 9.53. The number of amides is 1. The summed E-state index contributed by atoms with van der Waals surface area (Å²) in [4.78, 5) is 13.8. The van der Waals surface area contributed by atoms with Crippen LogP contribution in [-0.4, -0.2) is 35.1 Å². The average Bonchev–Trinajstić information content (AvgIpc) is 2.28. The van der Waals surface area contributed by atoms with Crippen molar-refractivity contribution in [2.75, 3.05) is 13.1 Å². The summed E-state index contributed by atoms with van der Waals surface area (Å²) < 4.78 is 1.06. The van der Waals surface area contributed by atoms with Crippen molar-refractivity contribution in [3.8, 4) is 0 Å². The molecule has 1 aromatic carbocycles. The molecule has 3 nitrogen and oxygen atoms in total. The fourth-order valence-corrected chi connectivity index (χ4v) is 2.49. The fourth-order valence-electron chi connectivity index (χ4n) is 1.94. The van der Waals surface area contributed by atoms with E-state index in [0.29, 0.717) is 12.1 Å². The SMILES string of the molecule is O=C(c1cccc(I)c1)N1CCCC(O)C1. The number of nitrogens with zero attached hydrogens (tertiary/aromatic N) is 1. The van der Waals surface area contributed by atoms with E-state index in [0.717, 1.165) is 23.0 Å². The van der Waals surface area contributed by atoms with Gasteiger partial charge in [0.25, 0.3) is 5.91 Å². The van der Waals surface area contributed by atoms with Crippen molar-refractivity contribution in [1.82, 2.24) is 4.90 Å². The van der Waals surface area contributed by atoms with Crippen LogP contribution in [0.3, 0.4) is 0 Å². The van der Waals surface area contributed by atoms with Gasteiger partial charge >= 0.3 is 0 Å². The second-order valence-electron chi connectivity index (χ2n) is 4.06. The zero-order valence-electron chi connectivity index (χ0n) is 8.90. The van der Waals surface area contributed by atoms with Crippen molar-refractivity contribution in [2.24, 2.45) is 0 Å². The van der Waals surface area contributed by atoms with E-state index in [9.17, 15) is 9.90 Å². The molecule has 0 aromatic heterocycles. The summed E-state index contributed by atoms with van der Waals surface area (Å²) >= 11 is 2.19. The topological polar surface area (TPSA) is 40.5 Å². The molecule has 0 bridgehead atoms.